The van der Waals surface area contributed by atoms with Gasteiger partial charge in [0.1, 0.15) is 0 Å². The summed E-state index contributed by atoms with van der Waals surface area (Å²) in [6, 6.07) is 15.5. The third-order valence-corrected chi connectivity index (χ3v) is 4.47. The lowest BCUT2D eigenvalue weighted by atomic mass is 10.1. The van der Waals surface area contributed by atoms with Gasteiger partial charge in [0.05, 0.1) is 11.0 Å². The van der Waals surface area contributed by atoms with Crippen LogP contribution >= 0.6 is 0 Å². The van der Waals surface area contributed by atoms with Gasteiger partial charge in [0, 0.05) is 24.2 Å². The Morgan fingerprint density at radius 3 is 2.52 bits per heavy atom. The first-order valence-corrected chi connectivity index (χ1v) is 8.46. The molecule has 1 fully saturated rings. The van der Waals surface area contributed by atoms with E-state index in [1.807, 2.05) is 30.3 Å². The van der Waals surface area contributed by atoms with E-state index in [1.165, 1.54) is 31.0 Å². The summed E-state index contributed by atoms with van der Waals surface area (Å²) in [5, 5.41) is 14.0. The number of nitro groups is 1. The lowest BCUT2D eigenvalue weighted by Crippen LogP contribution is -2.37. The Balaban J connectivity index is 1.78. The number of non-ortho nitro benzene ring substituents is 1. The third kappa shape index (κ3) is 4.42. The molecule has 2 aromatic rings. The van der Waals surface area contributed by atoms with Crippen molar-refractivity contribution < 1.29 is 9.72 Å². The molecule has 130 valence electrons. The van der Waals surface area contributed by atoms with Crippen molar-refractivity contribution in [1.82, 2.24) is 10.2 Å². The second-order valence-corrected chi connectivity index (χ2v) is 6.25. The van der Waals surface area contributed by atoms with Gasteiger partial charge in [-0.2, -0.15) is 0 Å². The number of rotatable bonds is 6. The lowest BCUT2D eigenvalue weighted by Gasteiger charge is -2.25. The lowest BCUT2D eigenvalue weighted by molar-refractivity contribution is -0.384. The number of hydrogen-bond acceptors (Lipinski definition) is 4. The van der Waals surface area contributed by atoms with Gasteiger partial charge in [0.15, 0.2) is 0 Å². The summed E-state index contributed by atoms with van der Waals surface area (Å²) in [4.78, 5) is 25.4. The Bertz CT molecular complexity index is 743. The van der Waals surface area contributed by atoms with Gasteiger partial charge < -0.3 is 10.2 Å². The zero-order valence-electron chi connectivity index (χ0n) is 13.9. The van der Waals surface area contributed by atoms with Crippen LogP contribution in [-0.2, 0) is 0 Å². The first-order valence-electron chi connectivity index (χ1n) is 8.46. The largest absolute Gasteiger partial charge is 0.344 e. The maximum Gasteiger partial charge on any atom is 0.270 e. The molecule has 1 unspecified atom stereocenters. The molecule has 1 aliphatic rings. The molecular formula is C19H21N3O3. The van der Waals surface area contributed by atoms with E-state index < -0.39 is 4.92 Å². The first-order chi connectivity index (χ1) is 12.1. The third-order valence-electron chi connectivity index (χ3n) is 4.47. The number of hydrogen-bond donors (Lipinski definition) is 1. The highest BCUT2D eigenvalue weighted by atomic mass is 16.6. The van der Waals surface area contributed by atoms with Crippen LogP contribution in [-0.4, -0.2) is 35.4 Å². The maximum atomic E-state index is 12.6. The fourth-order valence-electron chi connectivity index (χ4n) is 3.15. The number of likely N-dealkylation sites (tertiary alicyclic amines) is 1. The normalized spacial score (nSPS) is 15.7. The molecule has 2 aromatic carbocycles. The van der Waals surface area contributed by atoms with Crippen LogP contribution in [0.15, 0.2) is 54.6 Å². The van der Waals surface area contributed by atoms with Crippen LogP contribution in [0.2, 0.25) is 0 Å². The maximum absolute atomic E-state index is 12.6. The zero-order valence-corrected chi connectivity index (χ0v) is 13.9. The fraction of sp³-hybridized carbons (Fsp3) is 0.316. The predicted molar refractivity (Wildman–Crippen MR) is 95.4 cm³/mol. The number of amides is 1. The van der Waals surface area contributed by atoms with Crippen LogP contribution < -0.4 is 5.32 Å². The summed E-state index contributed by atoms with van der Waals surface area (Å²) in [6.07, 6.45) is 2.36. The fourth-order valence-corrected chi connectivity index (χ4v) is 3.15. The van der Waals surface area contributed by atoms with E-state index >= 15 is 0 Å². The van der Waals surface area contributed by atoms with Crippen LogP contribution in [0.4, 0.5) is 5.69 Å². The van der Waals surface area contributed by atoms with Crippen molar-refractivity contribution in [3.8, 4) is 0 Å². The van der Waals surface area contributed by atoms with Crippen molar-refractivity contribution in [2.75, 3.05) is 19.6 Å². The topological polar surface area (TPSA) is 75.5 Å². The molecular weight excluding hydrogens is 318 g/mol. The van der Waals surface area contributed by atoms with Gasteiger partial charge in [0.2, 0.25) is 0 Å². The molecule has 0 aromatic heterocycles. The van der Waals surface area contributed by atoms with E-state index in [4.69, 9.17) is 0 Å². The SMILES string of the molecule is O=C(NC(CN1CCCC1)c1ccccc1)c1cccc([N+](=O)[O-])c1. The molecule has 0 aliphatic carbocycles. The van der Waals surface area contributed by atoms with E-state index in [1.54, 1.807) is 6.07 Å². The van der Waals surface area contributed by atoms with Crippen molar-refractivity contribution in [2.45, 2.75) is 18.9 Å². The second kappa shape index (κ2) is 7.90. The summed E-state index contributed by atoms with van der Waals surface area (Å²) < 4.78 is 0. The summed E-state index contributed by atoms with van der Waals surface area (Å²) in [5.41, 5.74) is 1.26. The predicted octanol–water partition coefficient (Wildman–Crippen LogP) is 3.16. The summed E-state index contributed by atoms with van der Waals surface area (Å²) >= 11 is 0. The van der Waals surface area contributed by atoms with Gasteiger partial charge in [-0.05, 0) is 37.6 Å². The minimum atomic E-state index is -0.490. The standard InChI is InChI=1S/C19H21N3O3/c23-19(16-9-6-10-17(13-16)22(24)25)20-18(14-21-11-4-5-12-21)15-7-2-1-3-8-15/h1-3,6-10,13,18H,4-5,11-12,14H2,(H,20,23). The van der Waals surface area contributed by atoms with Crippen molar-refractivity contribution >= 4 is 11.6 Å². The summed E-state index contributed by atoms with van der Waals surface area (Å²) in [5.74, 6) is -0.295. The molecule has 1 heterocycles. The average Bonchev–Trinajstić information content (AvgIpc) is 3.15. The quantitative estimate of drug-likeness (QED) is 0.648. The Morgan fingerprint density at radius 2 is 1.84 bits per heavy atom. The van der Waals surface area contributed by atoms with Gasteiger partial charge in [-0.3, -0.25) is 14.9 Å². The summed E-state index contributed by atoms with van der Waals surface area (Å²) in [6.45, 7) is 2.82. The van der Waals surface area contributed by atoms with Crippen LogP contribution in [0.3, 0.4) is 0 Å². The average molecular weight is 339 g/mol. The number of nitrogens with one attached hydrogen (secondary N) is 1. The van der Waals surface area contributed by atoms with E-state index in [-0.39, 0.29) is 17.6 Å². The highest BCUT2D eigenvalue weighted by Crippen LogP contribution is 2.19. The Labute approximate surface area is 146 Å². The molecule has 0 radical (unpaired) electrons. The van der Waals surface area contributed by atoms with Crippen LogP contribution in [0, 0.1) is 10.1 Å². The first kappa shape index (κ1) is 17.1. The molecule has 3 rings (SSSR count). The molecule has 1 saturated heterocycles. The molecule has 6 heteroatoms. The number of nitrogens with zero attached hydrogens (tertiary/aromatic N) is 2. The molecule has 0 saturated carbocycles. The Hall–Kier alpha value is -2.73. The minimum Gasteiger partial charge on any atom is -0.344 e. The Morgan fingerprint density at radius 1 is 1.12 bits per heavy atom. The Kier molecular flexibility index (Phi) is 5.40. The molecule has 1 aliphatic heterocycles. The van der Waals surface area contributed by atoms with Crippen molar-refractivity contribution in [3.05, 3.63) is 75.8 Å². The number of benzene rings is 2. The monoisotopic (exact) mass is 339 g/mol. The zero-order chi connectivity index (χ0) is 17.6. The van der Waals surface area contributed by atoms with E-state index in [0.717, 1.165) is 25.2 Å². The van der Waals surface area contributed by atoms with E-state index in [9.17, 15) is 14.9 Å². The second-order valence-electron chi connectivity index (χ2n) is 6.25. The van der Waals surface area contributed by atoms with Crippen molar-refractivity contribution in [3.63, 3.8) is 0 Å². The van der Waals surface area contributed by atoms with Gasteiger partial charge in [-0.1, -0.05) is 36.4 Å². The minimum absolute atomic E-state index is 0.0801. The highest BCUT2D eigenvalue weighted by molar-refractivity contribution is 5.95. The van der Waals surface area contributed by atoms with Crippen molar-refractivity contribution in [1.29, 1.82) is 0 Å². The highest BCUT2D eigenvalue weighted by Gasteiger charge is 2.21. The van der Waals surface area contributed by atoms with Gasteiger partial charge in [-0.15, -0.1) is 0 Å². The number of carbonyl (C=O) groups excluding carboxylic acids is 1. The summed E-state index contributed by atoms with van der Waals surface area (Å²) in [7, 11) is 0. The van der Waals surface area contributed by atoms with Crippen LogP contribution in [0.5, 0.6) is 0 Å². The van der Waals surface area contributed by atoms with Gasteiger partial charge >= 0.3 is 0 Å². The smallest absolute Gasteiger partial charge is 0.270 e. The van der Waals surface area contributed by atoms with Crippen LogP contribution in [0.1, 0.15) is 34.8 Å². The number of nitro benzene ring substituents is 1. The van der Waals surface area contributed by atoms with E-state index in [2.05, 4.69) is 10.2 Å². The molecule has 1 atom stereocenters. The van der Waals surface area contributed by atoms with Crippen molar-refractivity contribution in [2.24, 2.45) is 0 Å². The van der Waals surface area contributed by atoms with Gasteiger partial charge in [0.25, 0.3) is 11.6 Å². The molecule has 1 amide bonds. The van der Waals surface area contributed by atoms with Crippen LogP contribution in [0.25, 0.3) is 0 Å². The molecule has 0 bridgehead atoms. The molecule has 25 heavy (non-hydrogen) atoms. The molecule has 0 spiro atoms. The van der Waals surface area contributed by atoms with E-state index in [0.29, 0.717) is 5.56 Å². The number of carbonyl (C=O) groups is 1. The molecule has 1 N–H and O–H groups in total. The molecule has 6 nitrogen and oxygen atoms in total. The van der Waals surface area contributed by atoms with Gasteiger partial charge in [-0.25, -0.2) is 0 Å².